The highest BCUT2D eigenvalue weighted by Gasteiger charge is 2.10. The van der Waals surface area contributed by atoms with Crippen molar-refractivity contribution < 1.29 is 22.4 Å². The summed E-state index contributed by atoms with van der Waals surface area (Å²) < 4.78 is 50.3. The third kappa shape index (κ3) is 4.49. The quantitative estimate of drug-likeness (QED) is 0.663. The van der Waals surface area contributed by atoms with Gasteiger partial charge in [0.05, 0.1) is 0 Å². The van der Waals surface area contributed by atoms with Crippen LogP contribution in [0.15, 0.2) is 47.4 Å². The molecule has 110 valence electrons. The number of halogens is 4. The van der Waals surface area contributed by atoms with E-state index in [1.54, 1.807) is 0 Å². The standard InChI is InChI=1S/C14H9F4NOS/c15-9-5-10(16)7-11(6-9)19-13(20)8-1-3-12(4-2-8)21-14(17)18/h1-7,14H,(H,19,20). The van der Waals surface area contributed by atoms with Crippen LogP contribution in [0.1, 0.15) is 10.4 Å². The van der Waals surface area contributed by atoms with Crippen LogP contribution in [0.25, 0.3) is 0 Å². The molecular weight excluding hydrogens is 306 g/mol. The largest absolute Gasteiger partial charge is 0.322 e. The maximum absolute atomic E-state index is 13.0. The number of anilines is 1. The summed E-state index contributed by atoms with van der Waals surface area (Å²) in [6.07, 6.45) is 0. The molecule has 0 bridgehead atoms. The first-order valence-corrected chi connectivity index (χ1v) is 6.64. The Labute approximate surface area is 122 Å². The lowest BCUT2D eigenvalue weighted by molar-refractivity contribution is 0.102. The molecule has 21 heavy (non-hydrogen) atoms. The molecule has 0 spiro atoms. The number of hydrogen-bond donors (Lipinski definition) is 1. The number of hydrogen-bond acceptors (Lipinski definition) is 2. The van der Waals surface area contributed by atoms with Gasteiger partial charge < -0.3 is 5.32 Å². The minimum absolute atomic E-state index is 0.0245. The molecule has 0 saturated heterocycles. The van der Waals surface area contributed by atoms with Crippen LogP contribution in [0.5, 0.6) is 0 Å². The maximum atomic E-state index is 13.0. The van der Waals surface area contributed by atoms with Crippen molar-refractivity contribution in [2.45, 2.75) is 10.7 Å². The van der Waals surface area contributed by atoms with E-state index in [9.17, 15) is 22.4 Å². The van der Waals surface area contributed by atoms with Crippen molar-refractivity contribution in [1.82, 2.24) is 0 Å². The number of nitrogens with one attached hydrogen (secondary N) is 1. The van der Waals surface area contributed by atoms with Crippen molar-refractivity contribution in [3.8, 4) is 0 Å². The Morgan fingerprint density at radius 2 is 1.57 bits per heavy atom. The Morgan fingerprint density at radius 3 is 2.10 bits per heavy atom. The molecule has 0 aliphatic carbocycles. The van der Waals surface area contributed by atoms with Gasteiger partial charge in [0.25, 0.3) is 11.7 Å². The smallest absolute Gasteiger partial charge is 0.288 e. The zero-order valence-corrected chi connectivity index (χ0v) is 11.3. The fourth-order valence-electron chi connectivity index (χ4n) is 1.62. The van der Waals surface area contributed by atoms with Gasteiger partial charge in [0.15, 0.2) is 0 Å². The Kier molecular flexibility index (Phi) is 4.85. The van der Waals surface area contributed by atoms with Gasteiger partial charge in [-0.15, -0.1) is 0 Å². The Balaban J connectivity index is 2.09. The maximum Gasteiger partial charge on any atom is 0.288 e. The van der Waals surface area contributed by atoms with Crippen molar-refractivity contribution in [2.75, 3.05) is 5.32 Å². The summed E-state index contributed by atoms with van der Waals surface area (Å²) in [6, 6.07) is 8.09. The molecule has 1 N–H and O–H groups in total. The number of benzene rings is 2. The lowest BCUT2D eigenvalue weighted by Gasteiger charge is -2.06. The molecule has 0 aliphatic heterocycles. The van der Waals surface area contributed by atoms with E-state index in [1.807, 2.05) is 0 Å². The van der Waals surface area contributed by atoms with Crippen molar-refractivity contribution in [2.24, 2.45) is 0 Å². The van der Waals surface area contributed by atoms with Gasteiger partial charge in [-0.1, -0.05) is 11.8 Å². The van der Waals surface area contributed by atoms with E-state index in [2.05, 4.69) is 5.32 Å². The zero-order valence-electron chi connectivity index (χ0n) is 10.4. The Hall–Kier alpha value is -2.02. The van der Waals surface area contributed by atoms with Crippen LogP contribution in [0, 0.1) is 11.6 Å². The normalized spacial score (nSPS) is 10.7. The molecule has 0 atom stereocenters. The first kappa shape index (κ1) is 15.4. The van der Waals surface area contributed by atoms with E-state index in [0.717, 1.165) is 12.1 Å². The molecule has 2 rings (SSSR count). The first-order valence-electron chi connectivity index (χ1n) is 5.76. The van der Waals surface area contributed by atoms with E-state index >= 15 is 0 Å². The van der Waals surface area contributed by atoms with Crippen molar-refractivity contribution in [3.63, 3.8) is 0 Å². The molecule has 0 saturated carbocycles. The summed E-state index contributed by atoms with van der Waals surface area (Å²) in [5.41, 5.74) is 0.168. The van der Waals surface area contributed by atoms with Crippen LogP contribution >= 0.6 is 11.8 Å². The van der Waals surface area contributed by atoms with Gasteiger partial charge in [0.1, 0.15) is 11.6 Å². The molecule has 2 aromatic carbocycles. The van der Waals surface area contributed by atoms with E-state index < -0.39 is 23.3 Å². The van der Waals surface area contributed by atoms with Crippen molar-refractivity contribution in [1.29, 1.82) is 0 Å². The monoisotopic (exact) mass is 315 g/mol. The number of amides is 1. The minimum Gasteiger partial charge on any atom is -0.322 e. The molecule has 0 heterocycles. The molecule has 2 aromatic rings. The SMILES string of the molecule is O=C(Nc1cc(F)cc(F)c1)c1ccc(SC(F)F)cc1. The summed E-state index contributed by atoms with van der Waals surface area (Å²) >= 11 is 0.363. The highest BCUT2D eigenvalue weighted by Crippen LogP contribution is 2.25. The fourth-order valence-corrected chi connectivity index (χ4v) is 2.12. The number of carbonyl (C=O) groups is 1. The lowest BCUT2D eigenvalue weighted by Crippen LogP contribution is -2.12. The number of alkyl halides is 2. The van der Waals surface area contributed by atoms with Crippen LogP contribution in [-0.4, -0.2) is 11.7 Å². The summed E-state index contributed by atoms with van der Waals surface area (Å²) in [5, 5.41) is 2.33. The molecular formula is C14H9F4NOS. The van der Waals surface area contributed by atoms with E-state index in [4.69, 9.17) is 0 Å². The second-order valence-electron chi connectivity index (χ2n) is 4.02. The predicted molar refractivity (Wildman–Crippen MR) is 72.6 cm³/mol. The summed E-state index contributed by atoms with van der Waals surface area (Å²) in [7, 11) is 0. The van der Waals surface area contributed by atoms with Crippen LogP contribution in [0.3, 0.4) is 0 Å². The Bertz CT molecular complexity index is 626. The molecule has 2 nitrogen and oxygen atoms in total. The van der Waals surface area contributed by atoms with Gasteiger partial charge in [-0.05, 0) is 36.4 Å². The number of rotatable bonds is 4. The molecule has 0 radical (unpaired) electrons. The van der Waals surface area contributed by atoms with Gasteiger partial charge in [-0.25, -0.2) is 8.78 Å². The highest BCUT2D eigenvalue weighted by atomic mass is 32.2. The van der Waals surface area contributed by atoms with Crippen LogP contribution in [0.4, 0.5) is 23.2 Å². The number of thioether (sulfide) groups is 1. The third-order valence-corrected chi connectivity index (χ3v) is 3.18. The second kappa shape index (κ2) is 6.62. The molecule has 0 aliphatic rings. The zero-order chi connectivity index (χ0) is 15.4. The first-order chi connectivity index (χ1) is 9.94. The van der Waals surface area contributed by atoms with Crippen LogP contribution < -0.4 is 5.32 Å². The molecule has 7 heteroatoms. The van der Waals surface area contributed by atoms with Gasteiger partial charge in [0, 0.05) is 22.2 Å². The molecule has 1 amide bonds. The predicted octanol–water partition coefficient (Wildman–Crippen LogP) is 4.53. The van der Waals surface area contributed by atoms with Crippen LogP contribution in [0.2, 0.25) is 0 Å². The number of carbonyl (C=O) groups excluding carboxylic acids is 1. The van der Waals surface area contributed by atoms with Crippen molar-refractivity contribution in [3.05, 3.63) is 59.7 Å². The van der Waals surface area contributed by atoms with Gasteiger partial charge in [0.2, 0.25) is 0 Å². The highest BCUT2D eigenvalue weighted by molar-refractivity contribution is 7.99. The summed E-state index contributed by atoms with van der Waals surface area (Å²) in [5.74, 6) is -4.75. The van der Waals surface area contributed by atoms with E-state index in [-0.39, 0.29) is 11.3 Å². The molecule has 0 aromatic heterocycles. The fraction of sp³-hybridized carbons (Fsp3) is 0.0714. The topological polar surface area (TPSA) is 29.1 Å². The lowest BCUT2D eigenvalue weighted by atomic mass is 10.2. The molecule has 0 fully saturated rings. The summed E-state index contributed by atoms with van der Waals surface area (Å²) in [4.78, 5) is 12.2. The van der Waals surface area contributed by atoms with E-state index in [1.165, 1.54) is 24.3 Å². The van der Waals surface area contributed by atoms with Gasteiger partial charge in [-0.2, -0.15) is 8.78 Å². The average molecular weight is 315 g/mol. The van der Waals surface area contributed by atoms with Gasteiger partial charge in [-0.3, -0.25) is 4.79 Å². The van der Waals surface area contributed by atoms with Gasteiger partial charge >= 0.3 is 0 Å². The van der Waals surface area contributed by atoms with Crippen LogP contribution in [-0.2, 0) is 0 Å². The average Bonchev–Trinajstić information content (AvgIpc) is 2.37. The summed E-state index contributed by atoms with van der Waals surface area (Å²) in [6.45, 7) is 0. The second-order valence-corrected chi connectivity index (χ2v) is 5.08. The van der Waals surface area contributed by atoms with Crippen molar-refractivity contribution >= 4 is 23.4 Å². The third-order valence-electron chi connectivity index (χ3n) is 2.46. The molecule has 0 unspecified atom stereocenters. The minimum atomic E-state index is -2.54. The van der Waals surface area contributed by atoms with E-state index in [0.29, 0.717) is 22.7 Å². The Morgan fingerprint density at radius 1 is 1.00 bits per heavy atom.